The number of rotatable bonds is 7. The standard InChI is InChI=1S/C12H17N3O7/c1-3-8(16)21-6-7(22-9(17)4-2)5-15-11(19)13-10(18)14-12(15)20/h7H,3-6H2,1-2H3,(H2,13,14,18,19,20). The lowest BCUT2D eigenvalue weighted by molar-refractivity contribution is -0.159. The number of hydrogen-bond donors (Lipinski definition) is 2. The highest BCUT2D eigenvalue weighted by molar-refractivity contribution is 5.69. The molecule has 0 aliphatic carbocycles. The predicted molar refractivity (Wildman–Crippen MR) is 73.4 cm³/mol. The molecule has 1 rings (SSSR count). The van der Waals surface area contributed by atoms with Crippen LogP contribution in [0.1, 0.15) is 26.7 Å². The zero-order chi connectivity index (χ0) is 16.7. The molecule has 2 N–H and O–H groups in total. The Morgan fingerprint density at radius 2 is 1.59 bits per heavy atom. The second-order valence-electron chi connectivity index (χ2n) is 4.30. The van der Waals surface area contributed by atoms with Crippen molar-refractivity contribution >= 4 is 11.9 Å². The third kappa shape index (κ3) is 5.04. The summed E-state index contributed by atoms with van der Waals surface area (Å²) < 4.78 is 10.5. The molecule has 10 heteroatoms. The minimum Gasteiger partial charge on any atom is -0.462 e. The number of H-pyrrole nitrogens is 2. The predicted octanol–water partition coefficient (Wildman–Crippen LogP) is -1.50. The van der Waals surface area contributed by atoms with E-state index in [2.05, 4.69) is 0 Å². The van der Waals surface area contributed by atoms with Gasteiger partial charge in [0.25, 0.3) is 0 Å². The fourth-order valence-corrected chi connectivity index (χ4v) is 1.50. The number of carbonyl (C=O) groups is 2. The number of ether oxygens (including phenoxy) is 2. The molecule has 1 heterocycles. The van der Waals surface area contributed by atoms with E-state index in [1.165, 1.54) is 0 Å². The fraction of sp³-hybridized carbons (Fsp3) is 0.583. The van der Waals surface area contributed by atoms with E-state index in [9.17, 15) is 24.0 Å². The molecule has 1 atom stereocenters. The Bertz CT molecular complexity index is 665. The largest absolute Gasteiger partial charge is 0.462 e. The van der Waals surface area contributed by atoms with E-state index in [1.54, 1.807) is 13.8 Å². The summed E-state index contributed by atoms with van der Waals surface area (Å²) in [6.07, 6.45) is -0.810. The fourth-order valence-electron chi connectivity index (χ4n) is 1.50. The Balaban J connectivity index is 2.95. The van der Waals surface area contributed by atoms with Gasteiger partial charge in [-0.15, -0.1) is 0 Å². The van der Waals surface area contributed by atoms with Gasteiger partial charge in [-0.1, -0.05) is 13.8 Å². The topological polar surface area (TPSA) is 140 Å². The van der Waals surface area contributed by atoms with Crippen molar-refractivity contribution in [3.8, 4) is 0 Å². The minimum absolute atomic E-state index is 0.0785. The van der Waals surface area contributed by atoms with E-state index in [1.807, 2.05) is 9.97 Å². The highest BCUT2D eigenvalue weighted by atomic mass is 16.6. The van der Waals surface area contributed by atoms with Crippen LogP contribution in [0.3, 0.4) is 0 Å². The zero-order valence-electron chi connectivity index (χ0n) is 12.2. The van der Waals surface area contributed by atoms with Gasteiger partial charge in [0.05, 0.1) is 6.54 Å². The van der Waals surface area contributed by atoms with Crippen molar-refractivity contribution in [3.05, 3.63) is 31.5 Å². The molecule has 0 aromatic carbocycles. The van der Waals surface area contributed by atoms with Crippen LogP contribution >= 0.6 is 0 Å². The maximum atomic E-state index is 11.6. The first-order chi connectivity index (χ1) is 10.4. The first kappa shape index (κ1) is 17.4. The Labute approximate surface area is 124 Å². The molecule has 1 aromatic heterocycles. The molecule has 1 aromatic rings. The first-order valence-corrected chi connectivity index (χ1v) is 6.65. The molecule has 0 aliphatic heterocycles. The summed E-state index contributed by atoms with van der Waals surface area (Å²) in [5.74, 6) is -1.09. The number of aromatic amines is 2. The van der Waals surface area contributed by atoms with Gasteiger partial charge in [0.15, 0.2) is 6.10 Å². The highest BCUT2D eigenvalue weighted by Gasteiger charge is 2.19. The zero-order valence-corrected chi connectivity index (χ0v) is 12.2. The van der Waals surface area contributed by atoms with Crippen LogP contribution < -0.4 is 17.1 Å². The third-order valence-electron chi connectivity index (χ3n) is 2.62. The number of nitrogens with one attached hydrogen (secondary N) is 2. The molecule has 10 nitrogen and oxygen atoms in total. The number of hydrogen-bond acceptors (Lipinski definition) is 7. The van der Waals surface area contributed by atoms with Crippen LogP contribution in [0.2, 0.25) is 0 Å². The minimum atomic E-state index is -1.02. The van der Waals surface area contributed by atoms with E-state index in [0.29, 0.717) is 4.57 Å². The van der Waals surface area contributed by atoms with E-state index in [4.69, 9.17) is 9.47 Å². The molecule has 0 aliphatic rings. The van der Waals surface area contributed by atoms with Crippen molar-refractivity contribution in [2.45, 2.75) is 39.3 Å². The SMILES string of the molecule is CCC(=O)OCC(Cn1c(=O)[nH]c(=O)[nH]c1=O)OC(=O)CC. The Hall–Kier alpha value is -2.65. The second kappa shape index (κ2) is 7.96. The molecule has 0 bridgehead atoms. The molecule has 0 saturated heterocycles. The molecule has 1 unspecified atom stereocenters. The average Bonchev–Trinajstić information content (AvgIpc) is 2.47. The second-order valence-corrected chi connectivity index (χ2v) is 4.30. The van der Waals surface area contributed by atoms with Crippen LogP contribution in [0.25, 0.3) is 0 Å². The van der Waals surface area contributed by atoms with Gasteiger partial charge in [0.1, 0.15) is 6.61 Å². The quantitative estimate of drug-likeness (QED) is 0.583. The van der Waals surface area contributed by atoms with Gasteiger partial charge in [-0.05, 0) is 0 Å². The molecular weight excluding hydrogens is 298 g/mol. The van der Waals surface area contributed by atoms with Crippen molar-refractivity contribution in [3.63, 3.8) is 0 Å². The molecule has 0 amide bonds. The van der Waals surface area contributed by atoms with Gasteiger partial charge in [-0.3, -0.25) is 19.6 Å². The van der Waals surface area contributed by atoms with Crippen LogP contribution in [-0.4, -0.2) is 39.2 Å². The number of aromatic nitrogens is 3. The maximum Gasteiger partial charge on any atom is 0.333 e. The van der Waals surface area contributed by atoms with E-state index >= 15 is 0 Å². The van der Waals surface area contributed by atoms with Crippen molar-refractivity contribution in [2.24, 2.45) is 0 Å². The smallest absolute Gasteiger partial charge is 0.333 e. The van der Waals surface area contributed by atoms with E-state index in [0.717, 1.165) is 0 Å². The summed E-state index contributed by atoms with van der Waals surface area (Å²) in [5.41, 5.74) is -2.84. The summed E-state index contributed by atoms with van der Waals surface area (Å²) in [5, 5.41) is 0. The summed E-state index contributed by atoms with van der Waals surface area (Å²) >= 11 is 0. The van der Waals surface area contributed by atoms with Gasteiger partial charge < -0.3 is 9.47 Å². The molecule has 22 heavy (non-hydrogen) atoms. The lowest BCUT2D eigenvalue weighted by atomic mass is 10.3. The van der Waals surface area contributed by atoms with Crippen LogP contribution in [0.4, 0.5) is 0 Å². The molecule has 122 valence electrons. The third-order valence-corrected chi connectivity index (χ3v) is 2.62. The molecule has 0 spiro atoms. The summed E-state index contributed by atoms with van der Waals surface area (Å²) in [6.45, 7) is 2.50. The summed E-state index contributed by atoms with van der Waals surface area (Å²) in [7, 11) is 0. The Kier molecular flexibility index (Phi) is 6.29. The van der Waals surface area contributed by atoms with Crippen LogP contribution in [0.15, 0.2) is 14.4 Å². The van der Waals surface area contributed by atoms with Crippen molar-refractivity contribution in [1.82, 2.24) is 14.5 Å². The average molecular weight is 315 g/mol. The number of carbonyl (C=O) groups excluding carboxylic acids is 2. The molecule has 0 fully saturated rings. The van der Waals surface area contributed by atoms with Crippen LogP contribution in [0.5, 0.6) is 0 Å². The normalized spacial score (nSPS) is 11.7. The van der Waals surface area contributed by atoms with Crippen molar-refractivity contribution in [1.29, 1.82) is 0 Å². The maximum absolute atomic E-state index is 11.6. The van der Waals surface area contributed by atoms with E-state index in [-0.39, 0.29) is 26.0 Å². The highest BCUT2D eigenvalue weighted by Crippen LogP contribution is 2.00. The summed E-state index contributed by atoms with van der Waals surface area (Å²) in [6, 6.07) is 0. The Morgan fingerprint density at radius 3 is 2.09 bits per heavy atom. The summed E-state index contributed by atoms with van der Waals surface area (Å²) in [4.78, 5) is 60.4. The lowest BCUT2D eigenvalue weighted by Gasteiger charge is -2.17. The molecular formula is C12H17N3O7. The van der Waals surface area contributed by atoms with Gasteiger partial charge in [-0.25, -0.2) is 19.0 Å². The molecule has 0 radical (unpaired) electrons. The van der Waals surface area contributed by atoms with Gasteiger partial charge in [0.2, 0.25) is 0 Å². The van der Waals surface area contributed by atoms with Gasteiger partial charge >= 0.3 is 29.0 Å². The number of esters is 2. The van der Waals surface area contributed by atoms with E-state index < -0.39 is 35.1 Å². The van der Waals surface area contributed by atoms with Crippen LogP contribution in [-0.2, 0) is 25.6 Å². The van der Waals surface area contributed by atoms with Crippen molar-refractivity contribution < 1.29 is 19.1 Å². The first-order valence-electron chi connectivity index (χ1n) is 6.65. The van der Waals surface area contributed by atoms with Crippen molar-refractivity contribution in [2.75, 3.05) is 6.61 Å². The van der Waals surface area contributed by atoms with Gasteiger partial charge in [0, 0.05) is 12.8 Å². The lowest BCUT2D eigenvalue weighted by Crippen LogP contribution is -2.46. The van der Waals surface area contributed by atoms with Gasteiger partial charge in [-0.2, -0.15) is 0 Å². The number of nitrogens with zero attached hydrogens (tertiary/aromatic N) is 1. The Morgan fingerprint density at radius 1 is 1.05 bits per heavy atom. The monoisotopic (exact) mass is 315 g/mol. The molecule has 0 saturated carbocycles. The van der Waals surface area contributed by atoms with Crippen LogP contribution in [0, 0.1) is 0 Å².